The number of aliphatic hydroxyl groups excluding tert-OH is 10. The molecule has 20 atom stereocenters. The molecule has 0 saturated carbocycles. The number of aliphatic carboxylic acids is 2. The Labute approximate surface area is 298 Å². The number of nitrogens with one attached hydrogen (secondary N) is 2. The second-order valence-corrected chi connectivity index (χ2v) is 12.7. The van der Waals surface area contributed by atoms with Crippen LogP contribution in [0.2, 0.25) is 0 Å². The van der Waals surface area contributed by atoms with Crippen molar-refractivity contribution in [2.75, 3.05) is 13.2 Å². The van der Waals surface area contributed by atoms with Gasteiger partial charge in [-0.1, -0.05) is 0 Å². The van der Waals surface area contributed by atoms with E-state index in [2.05, 4.69) is 10.6 Å². The first-order valence-electron chi connectivity index (χ1n) is 16.0. The zero-order valence-corrected chi connectivity index (χ0v) is 27.7. The number of hydrogen-bond acceptors (Lipinski definition) is 23. The molecule has 0 aromatic rings. The van der Waals surface area contributed by atoms with E-state index < -0.39 is 160 Å². The fourth-order valence-corrected chi connectivity index (χ4v) is 6.28. The Bertz CT molecular complexity index is 1300. The van der Waals surface area contributed by atoms with Gasteiger partial charge in [0.25, 0.3) is 0 Å². The molecule has 0 aromatic carbocycles. The number of hydrogen-bond donors (Lipinski definition) is 12. The number of ether oxygens (including phenoxy) is 7. The van der Waals surface area contributed by atoms with Gasteiger partial charge in [-0.3, -0.25) is 9.59 Å². The first kappa shape index (κ1) is 42.9. The quantitative estimate of drug-likeness (QED) is 0.0875. The number of aliphatic hydroxyl groups is 10. The van der Waals surface area contributed by atoms with Gasteiger partial charge in [-0.2, -0.15) is 0 Å². The zero-order valence-electron chi connectivity index (χ0n) is 27.7. The van der Waals surface area contributed by atoms with Crippen LogP contribution in [0.3, 0.4) is 0 Å². The van der Waals surface area contributed by atoms with Crippen LogP contribution in [-0.4, -0.2) is 211 Å². The lowest BCUT2D eigenvalue weighted by Crippen LogP contribution is -2.71. The Balaban J connectivity index is 1.62. The average molecular weight is 775 g/mol. The molecule has 0 radical (unpaired) electrons. The fourth-order valence-electron chi connectivity index (χ4n) is 6.28. The lowest BCUT2D eigenvalue weighted by molar-refractivity contribution is -0.386. The lowest BCUT2D eigenvalue weighted by atomic mass is 9.94. The fraction of sp³-hybridized carbons (Fsp3) is 0.857. The Morgan fingerprint density at radius 3 is 1.45 bits per heavy atom. The molecular formula is C28H42N2O23-2. The molecule has 53 heavy (non-hydrogen) atoms. The number of carboxylic acids is 2. The zero-order chi connectivity index (χ0) is 39.6. The number of amides is 2. The van der Waals surface area contributed by atoms with Gasteiger partial charge in [0.15, 0.2) is 25.2 Å². The Hall–Kier alpha value is -2.80. The molecule has 4 aliphatic heterocycles. The summed E-state index contributed by atoms with van der Waals surface area (Å²) >= 11 is 0. The molecule has 4 aliphatic rings. The van der Waals surface area contributed by atoms with Crippen molar-refractivity contribution in [3.05, 3.63) is 0 Å². The maximum Gasteiger partial charge on any atom is 0.217 e. The van der Waals surface area contributed by atoms with Crippen LogP contribution < -0.4 is 20.8 Å². The summed E-state index contributed by atoms with van der Waals surface area (Å²) < 4.78 is 37.7. The second-order valence-electron chi connectivity index (χ2n) is 12.7. The lowest BCUT2D eigenvalue weighted by Gasteiger charge is -2.50. The highest BCUT2D eigenvalue weighted by Crippen LogP contribution is 2.34. The molecular weight excluding hydrogens is 732 g/mol. The summed E-state index contributed by atoms with van der Waals surface area (Å²) in [4.78, 5) is 47.9. The van der Waals surface area contributed by atoms with E-state index in [0.717, 1.165) is 13.8 Å². The smallest absolute Gasteiger partial charge is 0.217 e. The van der Waals surface area contributed by atoms with Gasteiger partial charge < -0.3 is 115 Å². The van der Waals surface area contributed by atoms with Gasteiger partial charge in [-0.15, -0.1) is 0 Å². The van der Waals surface area contributed by atoms with Crippen molar-refractivity contribution >= 4 is 23.8 Å². The third-order valence-electron chi connectivity index (χ3n) is 8.92. The third-order valence-corrected chi connectivity index (χ3v) is 8.92. The maximum absolute atomic E-state index is 12.3. The molecule has 0 unspecified atom stereocenters. The van der Waals surface area contributed by atoms with Gasteiger partial charge in [0.2, 0.25) is 11.8 Å². The van der Waals surface area contributed by atoms with Gasteiger partial charge >= 0.3 is 0 Å². The highest BCUT2D eigenvalue weighted by atomic mass is 16.8. The van der Waals surface area contributed by atoms with Crippen molar-refractivity contribution in [2.24, 2.45) is 0 Å². The molecule has 0 aliphatic carbocycles. The average Bonchev–Trinajstić information content (AvgIpc) is 3.08. The number of carbonyl (C=O) groups excluding carboxylic acids is 4. The molecule has 12 N–H and O–H groups in total. The Morgan fingerprint density at radius 2 is 0.962 bits per heavy atom. The van der Waals surface area contributed by atoms with Crippen molar-refractivity contribution in [3.63, 3.8) is 0 Å². The van der Waals surface area contributed by atoms with E-state index in [9.17, 15) is 80.5 Å². The van der Waals surface area contributed by atoms with E-state index in [4.69, 9.17) is 33.2 Å². The van der Waals surface area contributed by atoms with Crippen molar-refractivity contribution in [3.8, 4) is 0 Å². The van der Waals surface area contributed by atoms with Gasteiger partial charge in [0.05, 0.1) is 25.2 Å². The monoisotopic (exact) mass is 774 g/mol. The Kier molecular flexibility index (Phi) is 14.4. The first-order valence-corrected chi connectivity index (χ1v) is 16.0. The standard InChI is InChI=1S/C28H44N2O23/c1-5(33)29-9-18(11(35)7(3-31)47-25(9)46)49-28-17(41)15(39)20(22(53-28)24(44)45)51-26-10(30-6(2)34)19(12(36)8(4-32)48-26)50-27-16(40)13(37)14(38)21(52-27)23(42)43/h7-22,25-28,31-32,35-41,46H,3-4H2,1-2H3,(H,29,33)(H,30,34)(H,42,43)(H,44,45)/p-2/t7-,8-,9-,10-,11-,12-,13+,14+,15-,16-,17-,18-,19-,20+,21+,22+,25-,26+,27-,28-/m1/s1. The molecule has 25 heteroatoms. The highest BCUT2D eigenvalue weighted by molar-refractivity contribution is 5.74. The van der Waals surface area contributed by atoms with Crippen molar-refractivity contribution in [2.45, 2.75) is 137 Å². The SMILES string of the molecule is CC(=O)N[C@@H]1[C@@H](O[C@@H]2O[C@H](C(=O)[O-])[C@@H](O[C@@H]3O[C@H](CO)[C@@H](O)[C@H](O[C@@H]4O[C@H](C(=O)[O-])[C@@H](O)[C@H](O)[C@H]4O)[C@H]3NC(C)=O)[C@H](O)[C@H]2O)[C@H](O)[C@@H](CO)O[C@H]1O. The van der Waals surface area contributed by atoms with Crippen LogP contribution in [0, 0.1) is 0 Å². The molecule has 4 fully saturated rings. The molecule has 304 valence electrons. The van der Waals surface area contributed by atoms with Crippen molar-refractivity contribution < 1.29 is 114 Å². The summed E-state index contributed by atoms with van der Waals surface area (Å²) in [7, 11) is 0. The predicted octanol–water partition coefficient (Wildman–Crippen LogP) is -11.9. The molecule has 4 rings (SSSR count). The van der Waals surface area contributed by atoms with Crippen LogP contribution in [0.5, 0.6) is 0 Å². The summed E-state index contributed by atoms with van der Waals surface area (Å²) in [6.07, 6.45) is -37.4. The molecule has 0 aromatic heterocycles. The molecule has 4 heterocycles. The van der Waals surface area contributed by atoms with Crippen LogP contribution in [0.4, 0.5) is 0 Å². The molecule has 0 spiro atoms. The second kappa shape index (κ2) is 17.8. The van der Waals surface area contributed by atoms with Gasteiger partial charge in [-0.25, -0.2) is 0 Å². The summed E-state index contributed by atoms with van der Waals surface area (Å²) in [5.41, 5.74) is 0. The minimum atomic E-state index is -2.42. The number of carbonyl (C=O) groups is 4. The summed E-state index contributed by atoms with van der Waals surface area (Å²) in [6.45, 7) is 0.0522. The van der Waals surface area contributed by atoms with Crippen molar-refractivity contribution in [1.29, 1.82) is 0 Å². The largest absolute Gasteiger partial charge is 0.547 e. The minimum Gasteiger partial charge on any atom is -0.547 e. The van der Waals surface area contributed by atoms with E-state index in [1.165, 1.54) is 0 Å². The number of carboxylic acid groups (broad SMARTS) is 2. The van der Waals surface area contributed by atoms with Crippen LogP contribution in [-0.2, 0) is 52.3 Å². The first-order chi connectivity index (χ1) is 24.8. The van der Waals surface area contributed by atoms with E-state index in [1.807, 2.05) is 0 Å². The van der Waals surface area contributed by atoms with E-state index in [-0.39, 0.29) is 0 Å². The molecule has 2 amide bonds. The minimum absolute atomic E-state index is 0.765. The molecule has 25 nitrogen and oxygen atoms in total. The van der Waals surface area contributed by atoms with Crippen LogP contribution >= 0.6 is 0 Å². The van der Waals surface area contributed by atoms with Crippen LogP contribution in [0.1, 0.15) is 13.8 Å². The van der Waals surface area contributed by atoms with Gasteiger partial charge in [-0.05, 0) is 0 Å². The summed E-state index contributed by atoms with van der Waals surface area (Å²) in [5.74, 6) is -5.83. The maximum atomic E-state index is 12.3. The molecule has 4 saturated heterocycles. The Morgan fingerprint density at radius 1 is 0.528 bits per heavy atom. The topological polar surface area (TPSA) is 405 Å². The number of rotatable bonds is 12. The van der Waals surface area contributed by atoms with Crippen molar-refractivity contribution in [1.82, 2.24) is 10.6 Å². The molecule has 0 bridgehead atoms. The van der Waals surface area contributed by atoms with Gasteiger partial charge in [0, 0.05) is 13.8 Å². The highest BCUT2D eigenvalue weighted by Gasteiger charge is 2.56. The van der Waals surface area contributed by atoms with Crippen LogP contribution in [0.25, 0.3) is 0 Å². The van der Waals surface area contributed by atoms with E-state index >= 15 is 0 Å². The van der Waals surface area contributed by atoms with Crippen LogP contribution in [0.15, 0.2) is 0 Å². The predicted molar refractivity (Wildman–Crippen MR) is 153 cm³/mol. The summed E-state index contributed by atoms with van der Waals surface area (Å²) in [6, 6.07) is -3.43. The van der Waals surface area contributed by atoms with E-state index in [1.54, 1.807) is 0 Å². The van der Waals surface area contributed by atoms with Gasteiger partial charge in [0.1, 0.15) is 97.5 Å². The summed E-state index contributed by atoms with van der Waals surface area (Å²) in [5, 5.41) is 133. The third kappa shape index (κ3) is 9.19. The normalized spacial score (nSPS) is 46.3. The van der Waals surface area contributed by atoms with E-state index in [0.29, 0.717) is 0 Å².